The van der Waals surface area contributed by atoms with Gasteiger partial charge in [-0.2, -0.15) is 0 Å². The van der Waals surface area contributed by atoms with E-state index in [1.165, 1.54) is 20.9 Å². The lowest BCUT2D eigenvalue weighted by Gasteiger charge is -2.36. The number of ketones is 1. The molecule has 0 saturated carbocycles. The molecule has 2 aliphatic rings. The van der Waals surface area contributed by atoms with Gasteiger partial charge < -0.3 is 9.47 Å². The Morgan fingerprint density at radius 2 is 1.06 bits per heavy atom. The molecule has 0 spiro atoms. The van der Waals surface area contributed by atoms with Crippen LogP contribution in [0.2, 0.25) is 0 Å². The van der Waals surface area contributed by atoms with Crippen molar-refractivity contribution in [2.75, 3.05) is 65.1 Å². The number of carbonyl (C=O) groups excluding carboxylic acids is 1. The van der Waals surface area contributed by atoms with Crippen LogP contribution in [-0.2, 0) is 27.1 Å². The van der Waals surface area contributed by atoms with E-state index in [9.17, 15) is 4.79 Å². The maximum Gasteiger partial charge on any atom is 0.136 e. The first-order valence-electron chi connectivity index (χ1n) is 13.1. The summed E-state index contributed by atoms with van der Waals surface area (Å²) in [7, 11) is 0. The van der Waals surface area contributed by atoms with Gasteiger partial charge in [0.2, 0.25) is 0 Å². The molecule has 0 amide bonds. The van der Waals surface area contributed by atoms with E-state index in [-0.39, 0.29) is 12.1 Å². The van der Waals surface area contributed by atoms with Gasteiger partial charge in [0, 0.05) is 60.9 Å². The lowest BCUT2D eigenvalue weighted by Crippen LogP contribution is -2.47. The zero-order chi connectivity index (χ0) is 25.2. The Hall–Kier alpha value is -1.35. The molecule has 2 saturated heterocycles. The standard InChI is InChI=1S/C29H40N2O3S2/c1-35-28-7-3-23(4-8-28)19-25(30-11-15-33-16-12-30)21-27(32)22-26(31-13-17-34-18-14-31)20-24-5-9-29(36-2)10-6-24/h3-10,25-26H,11-22H2,1-2H3. The summed E-state index contributed by atoms with van der Waals surface area (Å²) in [4.78, 5) is 21.1. The largest absolute Gasteiger partial charge is 0.379 e. The van der Waals surface area contributed by atoms with Crippen LogP contribution in [0, 0.1) is 0 Å². The average Bonchev–Trinajstić information content (AvgIpc) is 2.94. The van der Waals surface area contributed by atoms with Gasteiger partial charge in [-0.05, 0) is 60.7 Å². The number of Topliss-reactive ketones (excluding diaryl/α,β-unsaturated/α-hetero) is 1. The smallest absolute Gasteiger partial charge is 0.136 e. The normalized spacial score (nSPS) is 19.2. The quantitative estimate of drug-likeness (QED) is 0.371. The third-order valence-electron chi connectivity index (χ3n) is 7.31. The minimum atomic E-state index is 0.215. The van der Waals surface area contributed by atoms with Crippen LogP contribution in [0.25, 0.3) is 0 Å². The number of nitrogens with zero attached hydrogens (tertiary/aromatic N) is 2. The van der Waals surface area contributed by atoms with Crippen molar-refractivity contribution in [3.8, 4) is 0 Å². The Bertz CT molecular complexity index is 851. The first-order chi connectivity index (χ1) is 17.6. The van der Waals surface area contributed by atoms with Gasteiger partial charge >= 0.3 is 0 Å². The van der Waals surface area contributed by atoms with Crippen LogP contribution >= 0.6 is 23.5 Å². The van der Waals surface area contributed by atoms with E-state index in [2.05, 4.69) is 70.8 Å². The summed E-state index contributed by atoms with van der Waals surface area (Å²) in [5, 5.41) is 0. The van der Waals surface area contributed by atoms with Crippen molar-refractivity contribution < 1.29 is 14.3 Å². The zero-order valence-electron chi connectivity index (χ0n) is 21.7. The molecule has 2 heterocycles. The van der Waals surface area contributed by atoms with Gasteiger partial charge in [-0.15, -0.1) is 23.5 Å². The lowest BCUT2D eigenvalue weighted by molar-refractivity contribution is -0.122. The molecule has 2 aromatic carbocycles. The van der Waals surface area contributed by atoms with E-state index in [0.717, 1.165) is 65.4 Å². The van der Waals surface area contributed by atoms with Gasteiger partial charge in [0.25, 0.3) is 0 Å². The van der Waals surface area contributed by atoms with Gasteiger partial charge in [0.1, 0.15) is 5.78 Å². The van der Waals surface area contributed by atoms with Crippen molar-refractivity contribution in [2.45, 2.75) is 47.6 Å². The Balaban J connectivity index is 1.44. The summed E-state index contributed by atoms with van der Waals surface area (Å²) >= 11 is 3.52. The molecule has 0 radical (unpaired) electrons. The van der Waals surface area contributed by atoms with E-state index in [4.69, 9.17) is 9.47 Å². The molecular weight excluding hydrogens is 488 g/mol. The van der Waals surface area contributed by atoms with Crippen molar-refractivity contribution >= 4 is 29.3 Å². The molecule has 7 heteroatoms. The van der Waals surface area contributed by atoms with Gasteiger partial charge in [0.05, 0.1) is 26.4 Å². The molecule has 2 unspecified atom stereocenters. The Kier molecular flexibility index (Phi) is 11.2. The summed E-state index contributed by atoms with van der Waals surface area (Å²) in [5.74, 6) is 0.365. The van der Waals surface area contributed by atoms with Gasteiger partial charge in [0.15, 0.2) is 0 Å². The number of morpholine rings is 2. The van der Waals surface area contributed by atoms with Crippen LogP contribution in [-0.4, -0.2) is 92.8 Å². The van der Waals surface area contributed by atoms with Crippen LogP contribution in [0.4, 0.5) is 0 Å². The number of hydrogen-bond donors (Lipinski definition) is 0. The van der Waals surface area contributed by atoms with E-state index in [1.807, 2.05) is 0 Å². The second kappa shape index (κ2) is 14.6. The van der Waals surface area contributed by atoms with E-state index in [0.29, 0.717) is 18.6 Å². The fourth-order valence-corrected chi connectivity index (χ4v) is 6.04. The fourth-order valence-electron chi connectivity index (χ4n) is 5.22. The number of carbonyl (C=O) groups is 1. The summed E-state index contributed by atoms with van der Waals surface area (Å²) in [5.41, 5.74) is 2.60. The Morgan fingerprint density at radius 3 is 1.39 bits per heavy atom. The fraction of sp³-hybridized carbons (Fsp3) is 0.552. The van der Waals surface area contributed by atoms with E-state index < -0.39 is 0 Å². The maximum absolute atomic E-state index is 13.6. The molecule has 4 rings (SSSR count). The highest BCUT2D eigenvalue weighted by Gasteiger charge is 2.28. The minimum Gasteiger partial charge on any atom is -0.379 e. The molecular formula is C29H40N2O3S2. The van der Waals surface area contributed by atoms with E-state index >= 15 is 0 Å². The van der Waals surface area contributed by atoms with Crippen molar-refractivity contribution in [2.24, 2.45) is 0 Å². The van der Waals surface area contributed by atoms with Crippen LogP contribution in [0.1, 0.15) is 24.0 Å². The van der Waals surface area contributed by atoms with Crippen molar-refractivity contribution in [3.05, 3.63) is 59.7 Å². The molecule has 36 heavy (non-hydrogen) atoms. The highest BCUT2D eigenvalue weighted by atomic mass is 32.2. The third kappa shape index (κ3) is 8.33. The second-order valence-electron chi connectivity index (χ2n) is 9.66. The number of benzene rings is 2. The number of thioether (sulfide) groups is 2. The van der Waals surface area contributed by atoms with Crippen LogP contribution in [0.15, 0.2) is 58.3 Å². The van der Waals surface area contributed by atoms with E-state index in [1.54, 1.807) is 23.5 Å². The van der Waals surface area contributed by atoms with Gasteiger partial charge in [-0.3, -0.25) is 14.6 Å². The average molecular weight is 529 g/mol. The Labute approximate surface area is 225 Å². The summed E-state index contributed by atoms with van der Waals surface area (Å²) in [6.07, 6.45) is 7.20. The number of ether oxygens (including phenoxy) is 2. The molecule has 2 atom stereocenters. The van der Waals surface area contributed by atoms with Crippen molar-refractivity contribution in [3.63, 3.8) is 0 Å². The maximum atomic E-state index is 13.6. The first kappa shape index (κ1) is 27.7. The SMILES string of the molecule is CSc1ccc(CC(CC(=O)CC(Cc2ccc(SC)cc2)N2CCOCC2)N2CCOCC2)cc1. The van der Waals surface area contributed by atoms with Gasteiger partial charge in [-0.1, -0.05) is 24.3 Å². The highest BCUT2D eigenvalue weighted by Crippen LogP contribution is 2.22. The molecule has 2 aliphatic heterocycles. The molecule has 196 valence electrons. The van der Waals surface area contributed by atoms with Crippen molar-refractivity contribution in [1.29, 1.82) is 0 Å². The first-order valence-corrected chi connectivity index (χ1v) is 15.5. The summed E-state index contributed by atoms with van der Waals surface area (Å²) < 4.78 is 11.2. The van der Waals surface area contributed by atoms with Gasteiger partial charge in [-0.25, -0.2) is 0 Å². The molecule has 2 fully saturated rings. The molecule has 0 N–H and O–H groups in total. The number of rotatable bonds is 12. The molecule has 0 aliphatic carbocycles. The zero-order valence-corrected chi connectivity index (χ0v) is 23.3. The molecule has 0 aromatic heterocycles. The molecule has 2 aromatic rings. The van der Waals surface area contributed by atoms with Crippen LogP contribution < -0.4 is 0 Å². The monoisotopic (exact) mass is 528 g/mol. The van der Waals surface area contributed by atoms with Crippen molar-refractivity contribution in [1.82, 2.24) is 9.80 Å². The third-order valence-corrected chi connectivity index (χ3v) is 8.80. The summed E-state index contributed by atoms with van der Waals surface area (Å²) in [6.45, 7) is 6.59. The van der Waals surface area contributed by atoms with Crippen LogP contribution in [0.5, 0.6) is 0 Å². The van der Waals surface area contributed by atoms with Crippen LogP contribution in [0.3, 0.4) is 0 Å². The predicted molar refractivity (Wildman–Crippen MR) is 150 cm³/mol. The summed E-state index contributed by atoms with van der Waals surface area (Å²) in [6, 6.07) is 18.1. The predicted octanol–water partition coefficient (Wildman–Crippen LogP) is 4.67. The topological polar surface area (TPSA) is 42.0 Å². The second-order valence-corrected chi connectivity index (χ2v) is 11.4. The lowest BCUT2D eigenvalue weighted by atomic mass is 9.93. The number of hydrogen-bond acceptors (Lipinski definition) is 7. The minimum absolute atomic E-state index is 0.215. The Morgan fingerprint density at radius 1 is 0.694 bits per heavy atom. The highest BCUT2D eigenvalue weighted by molar-refractivity contribution is 7.98. The molecule has 0 bridgehead atoms. The molecule has 5 nitrogen and oxygen atoms in total.